The molecular formula is C23H30FNO6. The summed E-state index contributed by atoms with van der Waals surface area (Å²) in [7, 11) is 0. The minimum Gasteiger partial charge on any atom is -0.481 e. The number of esters is 1. The van der Waals surface area contributed by atoms with E-state index in [2.05, 4.69) is 0 Å². The third-order valence-corrected chi connectivity index (χ3v) is 6.09. The van der Waals surface area contributed by atoms with Crippen LogP contribution in [0.25, 0.3) is 0 Å². The second-order valence-corrected chi connectivity index (χ2v) is 8.37. The number of hydrogen-bond acceptors (Lipinski definition) is 5. The van der Waals surface area contributed by atoms with Gasteiger partial charge < -0.3 is 19.5 Å². The Balaban J connectivity index is 1.61. The standard InChI is InChI=1S/C23H30FNO6/c24-18-10-8-16(9-11-18)20-12-13-25(23(29)31-19-4-1-2-5-19)14-17(20)15-30-22(28)7-3-6-21(26)27/h8-11,17,19-20H,1-7,12-15H2,(H,26,27)/t17-,20-/m0/s1. The van der Waals surface area contributed by atoms with Crippen LogP contribution in [0.1, 0.15) is 62.8 Å². The van der Waals surface area contributed by atoms with Crippen LogP contribution in [0.5, 0.6) is 0 Å². The number of hydrogen-bond donors (Lipinski definition) is 1. The summed E-state index contributed by atoms with van der Waals surface area (Å²) in [4.78, 5) is 36.9. The highest BCUT2D eigenvalue weighted by Gasteiger charge is 2.35. The first kappa shape index (κ1) is 23.0. The Kier molecular flexibility index (Phi) is 8.26. The number of halogens is 1. The fraction of sp³-hybridized carbons (Fsp3) is 0.609. The summed E-state index contributed by atoms with van der Waals surface area (Å²) in [6.07, 6.45) is 4.42. The summed E-state index contributed by atoms with van der Waals surface area (Å²) >= 11 is 0. The molecule has 2 aliphatic rings. The Morgan fingerprint density at radius 1 is 1.06 bits per heavy atom. The molecule has 1 aliphatic heterocycles. The number of piperidine rings is 1. The maximum Gasteiger partial charge on any atom is 0.410 e. The molecule has 2 fully saturated rings. The molecule has 0 unspecified atom stereocenters. The largest absolute Gasteiger partial charge is 0.481 e. The van der Waals surface area contributed by atoms with E-state index < -0.39 is 11.9 Å². The maximum atomic E-state index is 13.4. The first-order valence-electron chi connectivity index (χ1n) is 11.0. The van der Waals surface area contributed by atoms with Gasteiger partial charge in [-0.1, -0.05) is 12.1 Å². The van der Waals surface area contributed by atoms with Gasteiger partial charge in [0.2, 0.25) is 0 Å². The van der Waals surface area contributed by atoms with Crippen LogP contribution in [0, 0.1) is 11.7 Å². The number of rotatable bonds is 8. The number of ether oxygens (including phenoxy) is 2. The lowest BCUT2D eigenvalue weighted by atomic mass is 9.81. The Labute approximate surface area is 181 Å². The number of carboxylic acid groups (broad SMARTS) is 1. The lowest BCUT2D eigenvalue weighted by Gasteiger charge is -2.38. The van der Waals surface area contributed by atoms with Crippen LogP contribution in [-0.4, -0.2) is 53.8 Å². The molecule has 1 aromatic carbocycles. The van der Waals surface area contributed by atoms with Crippen molar-refractivity contribution in [1.29, 1.82) is 0 Å². The fourth-order valence-corrected chi connectivity index (χ4v) is 4.40. The summed E-state index contributed by atoms with van der Waals surface area (Å²) in [5.41, 5.74) is 0.942. The van der Waals surface area contributed by atoms with Crippen LogP contribution in [-0.2, 0) is 19.1 Å². The molecule has 7 nitrogen and oxygen atoms in total. The van der Waals surface area contributed by atoms with Gasteiger partial charge in [0, 0.05) is 31.8 Å². The highest BCUT2D eigenvalue weighted by Crippen LogP contribution is 2.34. The zero-order valence-corrected chi connectivity index (χ0v) is 17.6. The lowest BCUT2D eigenvalue weighted by molar-refractivity contribution is -0.146. The summed E-state index contributed by atoms with van der Waals surface area (Å²) in [6.45, 7) is 1.02. The Hall–Kier alpha value is -2.64. The van der Waals surface area contributed by atoms with E-state index in [9.17, 15) is 18.8 Å². The summed E-state index contributed by atoms with van der Waals surface area (Å²) in [5.74, 6) is -1.86. The van der Waals surface area contributed by atoms with E-state index in [4.69, 9.17) is 14.6 Å². The van der Waals surface area contributed by atoms with Crippen molar-refractivity contribution >= 4 is 18.0 Å². The molecule has 0 spiro atoms. The van der Waals surface area contributed by atoms with Crippen LogP contribution in [0.4, 0.5) is 9.18 Å². The van der Waals surface area contributed by atoms with Gasteiger partial charge in [-0.2, -0.15) is 0 Å². The lowest BCUT2D eigenvalue weighted by Crippen LogP contribution is -2.45. The zero-order valence-electron chi connectivity index (χ0n) is 17.6. The molecule has 3 rings (SSSR count). The number of benzene rings is 1. The Morgan fingerprint density at radius 2 is 1.77 bits per heavy atom. The third-order valence-electron chi connectivity index (χ3n) is 6.09. The van der Waals surface area contributed by atoms with Gasteiger partial charge in [-0.05, 0) is 62.1 Å². The van der Waals surface area contributed by atoms with Crippen molar-refractivity contribution in [1.82, 2.24) is 4.90 Å². The van der Waals surface area contributed by atoms with E-state index in [1.807, 2.05) is 0 Å². The molecule has 1 heterocycles. The second-order valence-electron chi connectivity index (χ2n) is 8.37. The van der Waals surface area contributed by atoms with Crippen molar-refractivity contribution in [3.63, 3.8) is 0 Å². The fourth-order valence-electron chi connectivity index (χ4n) is 4.40. The first-order valence-corrected chi connectivity index (χ1v) is 11.0. The average molecular weight is 435 g/mol. The number of amides is 1. The zero-order chi connectivity index (χ0) is 22.2. The predicted octanol–water partition coefficient (Wildman–Crippen LogP) is 4.11. The van der Waals surface area contributed by atoms with E-state index >= 15 is 0 Å². The van der Waals surface area contributed by atoms with Crippen molar-refractivity contribution < 1.29 is 33.4 Å². The van der Waals surface area contributed by atoms with Gasteiger partial charge in [0.05, 0.1) is 6.61 Å². The normalized spacial score (nSPS) is 21.6. The number of aliphatic carboxylic acids is 1. The van der Waals surface area contributed by atoms with Crippen LogP contribution < -0.4 is 0 Å². The summed E-state index contributed by atoms with van der Waals surface area (Å²) < 4.78 is 24.4. The molecule has 31 heavy (non-hydrogen) atoms. The van der Waals surface area contributed by atoms with Crippen LogP contribution in [0.3, 0.4) is 0 Å². The molecule has 1 amide bonds. The summed E-state index contributed by atoms with van der Waals surface area (Å²) in [6, 6.07) is 6.28. The van der Waals surface area contributed by atoms with Gasteiger partial charge >= 0.3 is 18.0 Å². The molecule has 1 aliphatic carbocycles. The van der Waals surface area contributed by atoms with Gasteiger partial charge in [0.25, 0.3) is 0 Å². The van der Waals surface area contributed by atoms with Crippen LogP contribution >= 0.6 is 0 Å². The molecule has 8 heteroatoms. The number of carbonyl (C=O) groups is 3. The molecule has 1 saturated heterocycles. The van der Waals surface area contributed by atoms with E-state index in [0.29, 0.717) is 19.5 Å². The van der Waals surface area contributed by atoms with Gasteiger partial charge in [0.15, 0.2) is 0 Å². The van der Waals surface area contributed by atoms with Gasteiger partial charge in [0.1, 0.15) is 11.9 Å². The molecule has 0 bridgehead atoms. The first-order chi connectivity index (χ1) is 14.9. The number of carbonyl (C=O) groups excluding carboxylic acids is 2. The van der Waals surface area contributed by atoms with Gasteiger partial charge in [-0.15, -0.1) is 0 Å². The van der Waals surface area contributed by atoms with E-state index in [1.54, 1.807) is 17.0 Å². The van der Waals surface area contributed by atoms with Crippen molar-refractivity contribution in [3.05, 3.63) is 35.6 Å². The van der Waals surface area contributed by atoms with E-state index in [-0.39, 0.29) is 55.7 Å². The predicted molar refractivity (Wildman–Crippen MR) is 110 cm³/mol. The molecule has 2 atom stereocenters. The minimum atomic E-state index is -0.951. The topological polar surface area (TPSA) is 93.1 Å². The molecule has 170 valence electrons. The number of likely N-dealkylation sites (tertiary alicyclic amines) is 1. The minimum absolute atomic E-state index is 0.0166. The highest BCUT2D eigenvalue weighted by molar-refractivity contribution is 5.71. The molecule has 0 radical (unpaired) electrons. The molecule has 1 N–H and O–H groups in total. The smallest absolute Gasteiger partial charge is 0.410 e. The van der Waals surface area contributed by atoms with Crippen molar-refractivity contribution in [2.75, 3.05) is 19.7 Å². The molecule has 1 aromatic rings. The number of nitrogens with zero attached hydrogens (tertiary/aromatic N) is 1. The number of carboxylic acids is 1. The van der Waals surface area contributed by atoms with Crippen LogP contribution in [0.15, 0.2) is 24.3 Å². The Bertz CT molecular complexity index is 762. The quantitative estimate of drug-likeness (QED) is 0.618. The molecular weight excluding hydrogens is 405 g/mol. The maximum absolute atomic E-state index is 13.4. The Morgan fingerprint density at radius 3 is 2.45 bits per heavy atom. The third kappa shape index (κ3) is 6.94. The monoisotopic (exact) mass is 435 g/mol. The molecule has 0 aromatic heterocycles. The van der Waals surface area contributed by atoms with E-state index in [0.717, 1.165) is 31.2 Å². The average Bonchev–Trinajstić information content (AvgIpc) is 3.25. The van der Waals surface area contributed by atoms with Crippen molar-refractivity contribution in [2.24, 2.45) is 5.92 Å². The van der Waals surface area contributed by atoms with Gasteiger partial charge in [-0.25, -0.2) is 9.18 Å². The van der Waals surface area contributed by atoms with E-state index in [1.165, 1.54) is 12.1 Å². The van der Waals surface area contributed by atoms with Crippen molar-refractivity contribution in [2.45, 2.75) is 63.4 Å². The van der Waals surface area contributed by atoms with Gasteiger partial charge in [-0.3, -0.25) is 9.59 Å². The SMILES string of the molecule is O=C(O)CCCC(=O)OC[C@@H]1CN(C(=O)OC2CCCC2)CC[C@H]1c1ccc(F)cc1. The highest BCUT2D eigenvalue weighted by atomic mass is 19.1. The summed E-state index contributed by atoms with van der Waals surface area (Å²) in [5, 5.41) is 8.70. The molecule has 1 saturated carbocycles. The second kappa shape index (κ2) is 11.1. The van der Waals surface area contributed by atoms with Crippen LogP contribution in [0.2, 0.25) is 0 Å². The van der Waals surface area contributed by atoms with Crippen molar-refractivity contribution in [3.8, 4) is 0 Å².